The smallest absolute Gasteiger partial charge is 0.321 e. The first kappa shape index (κ1) is 11.7. The van der Waals surface area contributed by atoms with Crippen LogP contribution < -0.4 is 4.84 Å². The fourth-order valence-corrected chi connectivity index (χ4v) is 1.42. The molecule has 7 heteroatoms. The van der Waals surface area contributed by atoms with Crippen LogP contribution in [0, 0.1) is 0 Å². The lowest BCUT2D eigenvalue weighted by molar-refractivity contribution is -0.138. The van der Waals surface area contributed by atoms with Gasteiger partial charge in [0.2, 0.25) is 0 Å². The first-order valence-electron chi connectivity index (χ1n) is 3.13. The van der Waals surface area contributed by atoms with Crippen LogP contribution in [-0.4, -0.2) is 37.5 Å². The average molecular weight is 216 g/mol. The van der Waals surface area contributed by atoms with Crippen LogP contribution in [0.2, 0.25) is 0 Å². The minimum absolute atomic E-state index is 0.0301. The second kappa shape index (κ2) is 4.64. The summed E-state index contributed by atoms with van der Waals surface area (Å²) >= 11 is 5.07. The highest BCUT2D eigenvalue weighted by atomic mass is 35.5. The average Bonchev–Trinajstić information content (AvgIpc) is 1.85. The van der Waals surface area contributed by atoms with Crippen molar-refractivity contribution in [3.63, 3.8) is 0 Å². The minimum atomic E-state index is -3.12. The van der Waals surface area contributed by atoms with E-state index in [4.69, 9.17) is 16.9 Å². The van der Waals surface area contributed by atoms with Crippen molar-refractivity contribution in [2.75, 3.05) is 12.0 Å². The van der Waals surface area contributed by atoms with Crippen molar-refractivity contribution in [1.82, 2.24) is 4.84 Å². The molecule has 0 saturated heterocycles. The number of halogens is 1. The summed E-state index contributed by atoms with van der Waals surface area (Å²) in [6.45, 7) is 0. The number of carbonyl (C=O) groups is 1. The predicted octanol–water partition coefficient (Wildman–Crippen LogP) is -0.382. The van der Waals surface area contributed by atoms with E-state index in [-0.39, 0.29) is 12.2 Å². The van der Waals surface area contributed by atoms with Crippen LogP contribution in [0.15, 0.2) is 0 Å². The highest BCUT2D eigenvalue weighted by molar-refractivity contribution is 7.90. The molecule has 0 spiro atoms. The lowest BCUT2D eigenvalue weighted by Gasteiger charge is -2.07. The maximum Gasteiger partial charge on any atom is 0.321 e. The van der Waals surface area contributed by atoms with E-state index in [1.54, 1.807) is 0 Å². The molecule has 0 aromatic heterocycles. The van der Waals surface area contributed by atoms with Gasteiger partial charge < -0.3 is 5.11 Å². The number of rotatable bonds is 5. The number of carboxylic acid groups (broad SMARTS) is 1. The molecule has 0 heterocycles. The van der Waals surface area contributed by atoms with Crippen molar-refractivity contribution >= 4 is 27.6 Å². The molecule has 0 aliphatic rings. The van der Waals surface area contributed by atoms with Crippen LogP contribution >= 0.6 is 11.8 Å². The van der Waals surface area contributed by atoms with Gasteiger partial charge in [-0.05, 0) is 18.2 Å². The third kappa shape index (κ3) is 5.34. The Bertz CT molecular complexity index is 250. The second-order valence-corrected chi connectivity index (χ2v) is 4.90. The van der Waals surface area contributed by atoms with Crippen molar-refractivity contribution in [3.05, 3.63) is 0 Å². The van der Waals surface area contributed by atoms with E-state index >= 15 is 0 Å². The van der Waals surface area contributed by atoms with E-state index in [0.29, 0.717) is 0 Å². The largest absolute Gasteiger partial charge is 0.480 e. The van der Waals surface area contributed by atoms with Gasteiger partial charge in [0.25, 0.3) is 0 Å². The van der Waals surface area contributed by atoms with Gasteiger partial charge in [-0.25, -0.2) is 13.3 Å². The monoisotopic (exact) mass is 215 g/mol. The van der Waals surface area contributed by atoms with Crippen LogP contribution in [0.3, 0.4) is 0 Å². The van der Waals surface area contributed by atoms with Gasteiger partial charge in [0, 0.05) is 6.26 Å². The number of carboxylic acids is 1. The molecule has 0 aliphatic carbocycles. The maximum absolute atomic E-state index is 10.6. The van der Waals surface area contributed by atoms with E-state index in [1.165, 1.54) is 0 Å². The molecule has 1 atom stereocenters. The first-order chi connectivity index (χ1) is 5.37. The Hall–Kier alpha value is -0.330. The summed E-state index contributed by atoms with van der Waals surface area (Å²) in [7, 11) is -3.12. The molecule has 0 saturated carbocycles. The summed E-state index contributed by atoms with van der Waals surface area (Å²) in [4.78, 5) is 12.3. The molecule has 2 N–H and O–H groups in total. The Labute approximate surface area is 75.7 Å². The summed E-state index contributed by atoms with van der Waals surface area (Å²) in [5.74, 6) is -1.35. The molecule has 0 fully saturated rings. The van der Waals surface area contributed by atoms with E-state index in [2.05, 4.69) is 0 Å². The topological polar surface area (TPSA) is 83.5 Å². The van der Waals surface area contributed by atoms with E-state index in [1.807, 2.05) is 4.84 Å². The minimum Gasteiger partial charge on any atom is -0.480 e. The number of hydrogen-bond acceptors (Lipinski definition) is 4. The highest BCUT2D eigenvalue weighted by Crippen LogP contribution is 1.97. The van der Waals surface area contributed by atoms with E-state index < -0.39 is 21.8 Å². The second-order valence-electron chi connectivity index (χ2n) is 2.42. The first-order valence-corrected chi connectivity index (χ1v) is 5.57. The number of sulfone groups is 1. The molecule has 12 heavy (non-hydrogen) atoms. The molecule has 0 aromatic carbocycles. The Morgan fingerprint density at radius 3 is 2.42 bits per heavy atom. The quantitative estimate of drug-likeness (QED) is 0.611. The molecule has 0 bridgehead atoms. The summed E-state index contributed by atoms with van der Waals surface area (Å²) in [5.41, 5.74) is 0. The SMILES string of the molecule is CS(=O)(=O)CCC(NCl)C(=O)O. The third-order valence-corrected chi connectivity index (χ3v) is 2.45. The molecule has 0 rings (SSSR count). The van der Waals surface area contributed by atoms with Gasteiger partial charge in [-0.3, -0.25) is 4.79 Å². The molecule has 0 aliphatic heterocycles. The lowest BCUT2D eigenvalue weighted by atomic mass is 10.2. The van der Waals surface area contributed by atoms with Crippen molar-refractivity contribution in [2.45, 2.75) is 12.5 Å². The highest BCUT2D eigenvalue weighted by Gasteiger charge is 2.17. The molecular formula is C5H10ClNO4S. The van der Waals surface area contributed by atoms with Gasteiger partial charge in [-0.15, -0.1) is 0 Å². The third-order valence-electron chi connectivity index (χ3n) is 1.21. The van der Waals surface area contributed by atoms with E-state index in [9.17, 15) is 13.2 Å². The zero-order chi connectivity index (χ0) is 9.78. The Balaban J connectivity index is 3.98. The maximum atomic E-state index is 10.6. The van der Waals surface area contributed by atoms with Crippen molar-refractivity contribution in [2.24, 2.45) is 0 Å². The fraction of sp³-hybridized carbons (Fsp3) is 0.800. The van der Waals surface area contributed by atoms with Crippen molar-refractivity contribution in [3.8, 4) is 0 Å². The summed E-state index contributed by atoms with van der Waals surface area (Å²) < 4.78 is 21.2. The number of nitrogens with one attached hydrogen (secondary N) is 1. The van der Waals surface area contributed by atoms with Crippen LogP contribution in [0.4, 0.5) is 0 Å². The van der Waals surface area contributed by atoms with Crippen LogP contribution in [0.1, 0.15) is 6.42 Å². The number of hydrogen-bond donors (Lipinski definition) is 2. The van der Waals surface area contributed by atoms with Crippen LogP contribution in [0.25, 0.3) is 0 Å². The van der Waals surface area contributed by atoms with Gasteiger partial charge >= 0.3 is 5.97 Å². The molecule has 0 aromatic rings. The van der Waals surface area contributed by atoms with Crippen molar-refractivity contribution < 1.29 is 18.3 Å². The molecular weight excluding hydrogens is 206 g/mol. The summed E-state index contributed by atoms with van der Waals surface area (Å²) in [6, 6.07) is -1.01. The molecule has 0 radical (unpaired) electrons. The Kier molecular flexibility index (Phi) is 4.51. The normalized spacial score (nSPS) is 14.2. The fourth-order valence-electron chi connectivity index (χ4n) is 0.557. The van der Waals surface area contributed by atoms with E-state index in [0.717, 1.165) is 6.26 Å². The Morgan fingerprint density at radius 1 is 1.67 bits per heavy atom. The van der Waals surface area contributed by atoms with Crippen molar-refractivity contribution in [1.29, 1.82) is 0 Å². The van der Waals surface area contributed by atoms with Crippen LogP contribution in [-0.2, 0) is 14.6 Å². The molecule has 5 nitrogen and oxygen atoms in total. The summed E-state index contributed by atoms with van der Waals surface area (Å²) in [6.07, 6.45) is 1.01. The zero-order valence-electron chi connectivity index (χ0n) is 6.45. The predicted molar refractivity (Wildman–Crippen MR) is 44.7 cm³/mol. The Morgan fingerprint density at radius 2 is 2.17 bits per heavy atom. The van der Waals surface area contributed by atoms with Gasteiger partial charge in [-0.1, -0.05) is 0 Å². The van der Waals surface area contributed by atoms with Gasteiger partial charge in [0.1, 0.15) is 15.9 Å². The molecule has 0 amide bonds. The summed E-state index contributed by atoms with van der Waals surface area (Å²) in [5, 5.41) is 8.43. The lowest BCUT2D eigenvalue weighted by Crippen LogP contribution is -2.32. The van der Waals surface area contributed by atoms with Gasteiger partial charge in [-0.2, -0.15) is 0 Å². The molecule has 1 unspecified atom stereocenters. The van der Waals surface area contributed by atoms with Gasteiger partial charge in [0.05, 0.1) is 5.75 Å². The standard InChI is InChI=1S/C5H10ClNO4S/c1-12(10,11)3-2-4(7-6)5(8)9/h4,7H,2-3H2,1H3,(H,8,9). The van der Waals surface area contributed by atoms with Gasteiger partial charge in [0.15, 0.2) is 0 Å². The van der Waals surface area contributed by atoms with Crippen LogP contribution in [0.5, 0.6) is 0 Å². The zero-order valence-corrected chi connectivity index (χ0v) is 8.02. The molecule has 72 valence electrons. The number of aliphatic carboxylic acids is 1.